The van der Waals surface area contributed by atoms with Crippen molar-refractivity contribution in [3.05, 3.63) is 29.6 Å². The number of fused-ring (bicyclic) bond motifs is 5. The van der Waals surface area contributed by atoms with Crippen LogP contribution in [0, 0.1) is 17.3 Å². The van der Waals surface area contributed by atoms with E-state index < -0.39 is 132 Å². The zero-order chi connectivity index (χ0) is 42.4. The molecule has 1 aromatic rings. The Balaban J connectivity index is 1.99. The summed E-state index contributed by atoms with van der Waals surface area (Å²) in [5, 5.41) is 13.4. The van der Waals surface area contributed by atoms with Crippen LogP contribution in [0.3, 0.4) is 0 Å². The van der Waals surface area contributed by atoms with E-state index in [-0.39, 0.29) is 24.1 Å². The second-order valence-corrected chi connectivity index (χ2v) is 15.3. The highest BCUT2D eigenvalue weighted by Crippen LogP contribution is 2.70. The monoisotopic (exact) mass is 805 g/mol. The Morgan fingerprint density at radius 2 is 1.35 bits per heavy atom. The Morgan fingerprint density at radius 3 is 1.91 bits per heavy atom. The molecule has 4 bridgehead atoms. The van der Waals surface area contributed by atoms with Gasteiger partial charge >= 0.3 is 47.8 Å². The summed E-state index contributed by atoms with van der Waals surface area (Å²) >= 11 is 0. The van der Waals surface area contributed by atoms with E-state index in [1.54, 1.807) is 0 Å². The molecule has 3 heterocycles. The molecule has 2 aliphatic heterocycles. The van der Waals surface area contributed by atoms with Crippen LogP contribution in [0.5, 0.6) is 0 Å². The van der Waals surface area contributed by atoms with Gasteiger partial charge in [-0.15, -0.1) is 0 Å². The summed E-state index contributed by atoms with van der Waals surface area (Å²) in [5.74, 6) is -10.5. The van der Waals surface area contributed by atoms with Crippen LogP contribution in [-0.4, -0.2) is 124 Å². The largest absolute Gasteiger partial charge is 0.465 e. The number of aryl methyl sites for hydroxylation is 1. The van der Waals surface area contributed by atoms with Crippen molar-refractivity contribution in [1.82, 2.24) is 4.98 Å². The van der Waals surface area contributed by atoms with Crippen LogP contribution in [0.4, 0.5) is 0 Å². The number of cyclic esters (lactones) is 1. The highest BCUT2D eigenvalue weighted by atomic mass is 16.7. The minimum atomic E-state index is -2.80. The van der Waals surface area contributed by atoms with Crippen molar-refractivity contribution < 1.29 is 86.1 Å². The molecule has 57 heavy (non-hydrogen) atoms. The van der Waals surface area contributed by atoms with Gasteiger partial charge in [-0.05, 0) is 38.8 Å². The van der Waals surface area contributed by atoms with Crippen LogP contribution in [0.15, 0.2) is 18.3 Å². The fraction of sp³-hybridized carbons (Fsp3) is 0.658. The minimum Gasteiger partial charge on any atom is -0.465 e. The first-order chi connectivity index (χ1) is 26.5. The molecule has 12 atom stereocenters. The zero-order valence-corrected chi connectivity index (χ0v) is 33.0. The number of hydrogen-bond donors (Lipinski definition) is 1. The lowest BCUT2D eigenvalue weighted by molar-refractivity contribution is -0.386. The van der Waals surface area contributed by atoms with Crippen molar-refractivity contribution in [2.45, 2.75) is 129 Å². The fourth-order valence-corrected chi connectivity index (χ4v) is 9.16. The van der Waals surface area contributed by atoms with E-state index in [1.807, 2.05) is 0 Å². The summed E-state index contributed by atoms with van der Waals surface area (Å²) in [6.07, 6.45) is -10.3. The lowest BCUT2D eigenvalue weighted by Gasteiger charge is -2.67. The maximum Gasteiger partial charge on any atom is 0.340 e. The Hall–Kier alpha value is -5.17. The highest BCUT2D eigenvalue weighted by molar-refractivity contribution is 5.90. The van der Waals surface area contributed by atoms with Gasteiger partial charge in [0.05, 0.1) is 23.1 Å². The molecule has 0 radical (unpaired) electrons. The Bertz CT molecular complexity index is 1840. The quantitative estimate of drug-likeness (QED) is 0.296. The first-order valence-electron chi connectivity index (χ1n) is 18.3. The molecule has 312 valence electrons. The van der Waals surface area contributed by atoms with E-state index >= 15 is 0 Å². The average Bonchev–Trinajstić information content (AvgIpc) is 3.32. The first kappa shape index (κ1) is 43.0. The molecule has 4 aliphatic rings. The number of aliphatic hydroxyl groups is 1. The van der Waals surface area contributed by atoms with E-state index in [0.29, 0.717) is 0 Å². The zero-order valence-electron chi connectivity index (χ0n) is 33.0. The van der Waals surface area contributed by atoms with Gasteiger partial charge in [-0.25, -0.2) is 4.79 Å². The molecule has 2 aliphatic carbocycles. The molecule has 3 fully saturated rings. The number of nitrogens with zero attached hydrogens (tertiary/aromatic N) is 1. The van der Waals surface area contributed by atoms with E-state index in [4.69, 9.17) is 42.6 Å². The summed E-state index contributed by atoms with van der Waals surface area (Å²) in [6.45, 7) is 8.15. The highest BCUT2D eigenvalue weighted by Gasteiger charge is 2.92. The lowest BCUT2D eigenvalue weighted by atomic mass is 9.45. The molecule has 19 heteroatoms. The number of ether oxygens (including phenoxy) is 9. The summed E-state index contributed by atoms with van der Waals surface area (Å²) in [5.41, 5.74) is -9.87. The van der Waals surface area contributed by atoms with Gasteiger partial charge in [0.25, 0.3) is 0 Å². The van der Waals surface area contributed by atoms with Gasteiger partial charge in [-0.3, -0.25) is 38.5 Å². The topological polar surface area (TPSA) is 253 Å². The van der Waals surface area contributed by atoms with Crippen molar-refractivity contribution >= 4 is 47.8 Å². The summed E-state index contributed by atoms with van der Waals surface area (Å²) < 4.78 is 54.2. The number of rotatable bonds is 7. The molecule has 1 spiro atoms. The van der Waals surface area contributed by atoms with Crippen molar-refractivity contribution in [1.29, 1.82) is 0 Å². The molecule has 0 unspecified atom stereocenters. The molecule has 0 amide bonds. The van der Waals surface area contributed by atoms with Gasteiger partial charge in [-0.1, -0.05) is 6.92 Å². The Morgan fingerprint density at radius 1 is 0.807 bits per heavy atom. The van der Waals surface area contributed by atoms with Crippen molar-refractivity contribution in [3.63, 3.8) is 0 Å². The van der Waals surface area contributed by atoms with Crippen LogP contribution in [0.2, 0.25) is 0 Å². The van der Waals surface area contributed by atoms with Crippen LogP contribution < -0.4 is 0 Å². The normalized spacial score (nSPS) is 37.1. The van der Waals surface area contributed by atoms with E-state index in [1.165, 1.54) is 32.2 Å². The summed E-state index contributed by atoms with van der Waals surface area (Å²) in [6, 6.07) is 2.95. The Labute approximate surface area is 327 Å². The van der Waals surface area contributed by atoms with Crippen molar-refractivity contribution in [2.75, 3.05) is 13.2 Å². The van der Waals surface area contributed by atoms with Crippen LogP contribution in [0.25, 0.3) is 0 Å². The third-order valence-corrected chi connectivity index (χ3v) is 11.1. The molecule has 2 saturated carbocycles. The molecule has 5 rings (SSSR count). The standard InChI is InChI=1S/C38H47NO18/c1-17-12-13-25-24(11-10-14-39-25)34(47)50-15-35(8)26-27(51-19(3)41)31(54-22(6)44)37(16-49-18(2)40)32(55-23(7)45)28(52-20(4)42)30(56-33(17)46)36(9,48)38(37,57-35)29(26)53-21(5)43/h10-11,14,17,26-32,48H,12-13,15-16H2,1-9H3/t17-,26+,27+,28-,29+,30-,31+,32-,35-,36-,37+,38-/m1/s1. The van der Waals surface area contributed by atoms with E-state index in [2.05, 4.69) is 4.98 Å². The maximum atomic E-state index is 14.1. The van der Waals surface area contributed by atoms with Crippen LogP contribution in [-0.2, 0) is 82.6 Å². The predicted molar refractivity (Wildman–Crippen MR) is 185 cm³/mol. The Kier molecular flexibility index (Phi) is 11.8. The number of hydrogen-bond acceptors (Lipinski definition) is 19. The van der Waals surface area contributed by atoms with Gasteiger partial charge in [0.15, 0.2) is 30.0 Å². The van der Waals surface area contributed by atoms with Gasteiger partial charge in [0.1, 0.15) is 42.0 Å². The predicted octanol–water partition coefficient (Wildman–Crippen LogP) is 0.863. The van der Waals surface area contributed by atoms with Gasteiger partial charge in [0.2, 0.25) is 0 Å². The first-order valence-corrected chi connectivity index (χ1v) is 18.3. The molecule has 1 N–H and O–H groups in total. The average molecular weight is 806 g/mol. The number of carbonyl (C=O) groups excluding carboxylic acids is 8. The SMILES string of the molecule is CC(=O)OC[C@]12[C@H](OC(C)=O)[C@H](OC(C)=O)[C@H]3OC(=O)[C@H](C)CCc4ncccc4C(=O)OC[C@@]4(C)O[C@]1([C@@H](OC(C)=O)[C@@H]4[C@H](OC(C)=O)[C@@H]2OC(C)=O)[C@]3(C)O. The number of pyridine rings is 1. The number of carbonyl (C=O) groups is 8. The molecular weight excluding hydrogens is 758 g/mol. The molecular formula is C38H47NO18. The van der Waals surface area contributed by atoms with Gasteiger partial charge < -0.3 is 47.7 Å². The van der Waals surface area contributed by atoms with E-state index in [9.17, 15) is 43.5 Å². The summed E-state index contributed by atoms with van der Waals surface area (Å²) in [4.78, 5) is 111. The van der Waals surface area contributed by atoms with Gasteiger partial charge in [0, 0.05) is 47.7 Å². The van der Waals surface area contributed by atoms with Crippen LogP contribution >= 0.6 is 0 Å². The second-order valence-electron chi connectivity index (χ2n) is 15.3. The molecule has 1 aromatic heterocycles. The second kappa shape index (κ2) is 15.6. The maximum absolute atomic E-state index is 14.1. The summed E-state index contributed by atoms with van der Waals surface area (Å²) in [7, 11) is 0. The van der Waals surface area contributed by atoms with E-state index in [0.717, 1.165) is 48.5 Å². The lowest BCUT2D eigenvalue weighted by Crippen LogP contribution is -2.89. The fourth-order valence-electron chi connectivity index (χ4n) is 9.16. The molecule has 1 saturated heterocycles. The number of aromatic nitrogens is 1. The number of esters is 8. The molecule has 19 nitrogen and oxygen atoms in total. The smallest absolute Gasteiger partial charge is 0.340 e. The van der Waals surface area contributed by atoms with Crippen molar-refractivity contribution in [3.8, 4) is 0 Å². The third-order valence-electron chi connectivity index (χ3n) is 11.1. The van der Waals surface area contributed by atoms with Crippen molar-refractivity contribution in [2.24, 2.45) is 17.3 Å². The third kappa shape index (κ3) is 7.30. The minimum absolute atomic E-state index is 0.0290. The molecule has 0 aromatic carbocycles. The van der Waals surface area contributed by atoms with Gasteiger partial charge in [-0.2, -0.15) is 0 Å². The van der Waals surface area contributed by atoms with Crippen LogP contribution in [0.1, 0.15) is 84.8 Å².